The van der Waals surface area contributed by atoms with Crippen molar-refractivity contribution in [1.82, 2.24) is 10.2 Å². The van der Waals surface area contributed by atoms with E-state index in [2.05, 4.69) is 41.9 Å². The first-order valence-electron chi connectivity index (χ1n) is 10.3. The maximum Gasteiger partial charge on any atom is 0.421 e. The maximum atomic E-state index is 13.7. The number of hydrogen-bond acceptors (Lipinski definition) is 2. The number of carbonyl (C=O) groups excluding carboxylic acids is 1. The average molecular weight is 443 g/mol. The lowest BCUT2D eigenvalue weighted by Gasteiger charge is -2.41. The van der Waals surface area contributed by atoms with E-state index >= 15 is 0 Å². The zero-order valence-corrected chi connectivity index (χ0v) is 18.6. The van der Waals surface area contributed by atoms with Gasteiger partial charge in [0.25, 0.3) is 0 Å². The van der Waals surface area contributed by atoms with Crippen molar-refractivity contribution in [3.63, 3.8) is 0 Å². The molecule has 0 radical (unpaired) electrons. The SMILES string of the molecule is C=C(C=CC(F)=C(C)C(F)(F)F)NC(=O)[N+](C)(C)C1(C)CCN(CC2C=CC=CC2)C1. The highest BCUT2D eigenvalue weighted by Gasteiger charge is 2.51. The van der Waals surface area contributed by atoms with Crippen molar-refractivity contribution in [2.45, 2.75) is 38.4 Å². The summed E-state index contributed by atoms with van der Waals surface area (Å²) in [6, 6.07) is -0.351. The molecule has 2 aliphatic rings. The van der Waals surface area contributed by atoms with Gasteiger partial charge in [-0.15, -0.1) is 0 Å². The number of halogens is 4. The second-order valence-corrected chi connectivity index (χ2v) is 9.00. The lowest BCUT2D eigenvalue weighted by Crippen LogP contribution is -2.65. The first kappa shape index (κ1) is 25.1. The van der Waals surface area contributed by atoms with Crippen LogP contribution in [0.1, 0.15) is 26.7 Å². The van der Waals surface area contributed by atoms with Crippen LogP contribution in [0.4, 0.5) is 22.4 Å². The highest BCUT2D eigenvalue weighted by Crippen LogP contribution is 2.33. The van der Waals surface area contributed by atoms with E-state index in [-0.39, 0.29) is 21.8 Å². The van der Waals surface area contributed by atoms with Crippen molar-refractivity contribution in [2.75, 3.05) is 33.7 Å². The summed E-state index contributed by atoms with van der Waals surface area (Å²) < 4.78 is 51.3. The molecule has 31 heavy (non-hydrogen) atoms. The highest BCUT2D eigenvalue weighted by atomic mass is 19.4. The summed E-state index contributed by atoms with van der Waals surface area (Å²) in [5, 5.41) is 2.59. The van der Waals surface area contributed by atoms with Crippen LogP contribution in [0.15, 0.2) is 60.1 Å². The van der Waals surface area contributed by atoms with Gasteiger partial charge in [-0.2, -0.15) is 13.2 Å². The topological polar surface area (TPSA) is 32.3 Å². The molecule has 2 atom stereocenters. The van der Waals surface area contributed by atoms with Crippen LogP contribution in [0.5, 0.6) is 0 Å². The second kappa shape index (κ2) is 9.53. The van der Waals surface area contributed by atoms with E-state index in [1.165, 1.54) is 0 Å². The van der Waals surface area contributed by atoms with E-state index in [4.69, 9.17) is 0 Å². The largest absolute Gasteiger partial charge is 0.421 e. The van der Waals surface area contributed by atoms with Crippen LogP contribution in [0.2, 0.25) is 0 Å². The molecular formula is C23H32F4N3O+. The third-order valence-corrected chi connectivity index (χ3v) is 6.43. The number of nitrogens with one attached hydrogen (secondary N) is 1. The quantitative estimate of drug-likeness (QED) is 0.346. The third kappa shape index (κ3) is 6.17. The van der Waals surface area contributed by atoms with Gasteiger partial charge in [0.1, 0.15) is 11.4 Å². The summed E-state index contributed by atoms with van der Waals surface area (Å²) >= 11 is 0. The molecule has 0 bridgehead atoms. The molecule has 1 fully saturated rings. The van der Waals surface area contributed by atoms with Crippen LogP contribution in [-0.4, -0.2) is 60.9 Å². The first-order valence-corrected chi connectivity index (χ1v) is 10.3. The van der Waals surface area contributed by atoms with Crippen molar-refractivity contribution >= 4 is 6.03 Å². The van der Waals surface area contributed by atoms with Gasteiger partial charge in [0, 0.05) is 25.2 Å². The maximum absolute atomic E-state index is 13.7. The van der Waals surface area contributed by atoms with Crippen molar-refractivity contribution in [3.05, 3.63) is 60.1 Å². The Kier molecular flexibility index (Phi) is 7.70. The van der Waals surface area contributed by atoms with Gasteiger partial charge in [0.05, 0.1) is 26.2 Å². The summed E-state index contributed by atoms with van der Waals surface area (Å²) in [6.07, 6.45) is 7.24. The van der Waals surface area contributed by atoms with Crippen LogP contribution >= 0.6 is 0 Å². The van der Waals surface area contributed by atoms with Crippen molar-refractivity contribution < 1.29 is 26.8 Å². The fraction of sp³-hybridized carbons (Fsp3) is 0.522. The van der Waals surface area contributed by atoms with E-state index in [1.807, 2.05) is 6.08 Å². The predicted molar refractivity (Wildman–Crippen MR) is 115 cm³/mol. The smallest absolute Gasteiger partial charge is 0.296 e. The van der Waals surface area contributed by atoms with E-state index < -0.39 is 17.6 Å². The van der Waals surface area contributed by atoms with E-state index in [0.717, 1.165) is 38.6 Å². The molecular weight excluding hydrogens is 410 g/mol. The number of likely N-dealkylation sites (tertiary alicyclic amines) is 1. The number of rotatable bonds is 6. The minimum Gasteiger partial charge on any atom is -0.296 e. The Morgan fingerprint density at radius 3 is 2.58 bits per heavy atom. The molecule has 0 aromatic carbocycles. The summed E-state index contributed by atoms with van der Waals surface area (Å²) in [4.78, 5) is 15.3. The number of nitrogens with zero attached hydrogens (tertiary/aromatic N) is 2. The Morgan fingerprint density at radius 2 is 2.00 bits per heavy atom. The summed E-state index contributed by atoms with van der Waals surface area (Å²) in [7, 11) is 3.60. The Morgan fingerprint density at radius 1 is 1.32 bits per heavy atom. The molecule has 2 rings (SSSR count). The fourth-order valence-electron chi connectivity index (χ4n) is 3.75. The van der Waals surface area contributed by atoms with Gasteiger partial charge in [0.2, 0.25) is 0 Å². The van der Waals surface area contributed by atoms with Crippen LogP contribution < -0.4 is 5.32 Å². The van der Waals surface area contributed by atoms with Gasteiger partial charge in [-0.25, -0.2) is 13.7 Å². The molecule has 1 aliphatic carbocycles. The van der Waals surface area contributed by atoms with Gasteiger partial charge >= 0.3 is 12.2 Å². The molecule has 1 saturated heterocycles. The molecule has 2 unspecified atom stereocenters. The Labute approximate surface area is 181 Å². The minimum absolute atomic E-state index is 0.0245. The normalized spacial score (nSPS) is 25.7. The zero-order valence-electron chi connectivity index (χ0n) is 18.6. The molecule has 1 heterocycles. The lowest BCUT2D eigenvalue weighted by atomic mass is 9.96. The number of hydrogen-bond donors (Lipinski definition) is 1. The first-order chi connectivity index (χ1) is 14.3. The molecule has 2 amide bonds. The van der Waals surface area contributed by atoms with Gasteiger partial charge in [-0.1, -0.05) is 30.9 Å². The van der Waals surface area contributed by atoms with Crippen LogP contribution in [0.3, 0.4) is 0 Å². The number of amides is 2. The summed E-state index contributed by atoms with van der Waals surface area (Å²) in [5.41, 5.74) is -1.65. The van der Waals surface area contributed by atoms with Gasteiger partial charge in [0.15, 0.2) is 0 Å². The number of likely N-dealkylation sites (N-methyl/N-ethyl adjacent to an activating group) is 1. The van der Waals surface area contributed by atoms with Crippen molar-refractivity contribution in [3.8, 4) is 0 Å². The van der Waals surface area contributed by atoms with E-state index in [0.29, 0.717) is 18.9 Å². The molecule has 0 saturated carbocycles. The molecule has 0 spiro atoms. The molecule has 8 heteroatoms. The second-order valence-electron chi connectivity index (χ2n) is 9.00. The lowest BCUT2D eigenvalue weighted by molar-refractivity contribution is -0.861. The van der Waals surface area contributed by atoms with Crippen molar-refractivity contribution in [1.29, 1.82) is 0 Å². The Hall–Kier alpha value is -2.19. The molecule has 1 aliphatic heterocycles. The monoisotopic (exact) mass is 442 g/mol. The summed E-state index contributed by atoms with van der Waals surface area (Å²) in [6.45, 7) is 8.88. The highest BCUT2D eigenvalue weighted by molar-refractivity contribution is 5.70. The third-order valence-electron chi connectivity index (χ3n) is 6.43. The van der Waals surface area contributed by atoms with E-state index in [1.54, 1.807) is 14.1 Å². The number of urea groups is 1. The predicted octanol–water partition coefficient (Wildman–Crippen LogP) is 5.24. The van der Waals surface area contributed by atoms with Crippen LogP contribution in [-0.2, 0) is 0 Å². The Bertz CT molecular complexity index is 823. The van der Waals surface area contributed by atoms with Crippen LogP contribution in [0, 0.1) is 5.92 Å². The molecule has 1 N–H and O–H groups in total. The standard InChI is InChI=1S/C23H31F4N3O/c1-17(11-12-20(24)18(2)23(25,26)27)28-21(31)30(4,5)22(3)13-14-29(16-22)15-19-9-7-6-8-10-19/h6-9,11-12,19H,1,10,13-16H2,2-5H3/p+1. The van der Waals surface area contributed by atoms with Crippen molar-refractivity contribution in [2.24, 2.45) is 5.92 Å². The number of alkyl halides is 3. The number of allylic oxidation sites excluding steroid dienone is 7. The van der Waals surface area contributed by atoms with Gasteiger partial charge in [-0.3, -0.25) is 10.2 Å². The molecule has 0 aromatic heterocycles. The van der Waals surface area contributed by atoms with Gasteiger partial charge in [-0.05, 0) is 38.3 Å². The number of quaternary nitrogens is 1. The molecule has 0 aromatic rings. The van der Waals surface area contributed by atoms with E-state index in [9.17, 15) is 22.4 Å². The minimum atomic E-state index is -4.75. The van der Waals surface area contributed by atoms with Crippen LogP contribution in [0.25, 0.3) is 0 Å². The van der Waals surface area contributed by atoms with Gasteiger partial charge < -0.3 is 0 Å². The summed E-state index contributed by atoms with van der Waals surface area (Å²) in [5.74, 6) is -0.952. The molecule has 172 valence electrons. The fourth-order valence-corrected chi connectivity index (χ4v) is 3.75. The Balaban J connectivity index is 1.98. The number of carbonyl (C=O) groups is 1. The zero-order chi connectivity index (χ0) is 23.4. The molecule has 4 nitrogen and oxygen atoms in total. The average Bonchev–Trinajstić information content (AvgIpc) is 3.07.